The van der Waals surface area contributed by atoms with Gasteiger partial charge in [0.15, 0.2) is 0 Å². The van der Waals surface area contributed by atoms with Crippen molar-refractivity contribution in [1.29, 1.82) is 0 Å². The Hall–Kier alpha value is -0.590. The average Bonchev–Trinajstić information content (AvgIpc) is 2.37. The smallest absolute Gasteiger partial charge is 0.145 e. The Bertz CT molecular complexity index is 213. The lowest BCUT2D eigenvalue weighted by Gasteiger charge is -2.23. The Kier molecular flexibility index (Phi) is 0.936. The minimum atomic E-state index is -0.0561. The number of hydrogen-bond donors (Lipinski definition) is 0. The first-order chi connectivity index (χ1) is 4.62. The van der Waals surface area contributed by atoms with Crippen LogP contribution >= 0.6 is 0 Å². The molecule has 2 aliphatic rings. The minimum Gasteiger partial charge on any atom is -0.298 e. The summed E-state index contributed by atoms with van der Waals surface area (Å²) in [6.07, 6.45) is 5.34. The van der Waals surface area contributed by atoms with Crippen LogP contribution in [0.25, 0.3) is 0 Å². The summed E-state index contributed by atoms with van der Waals surface area (Å²) >= 11 is 0. The maximum absolute atomic E-state index is 11.4. The van der Waals surface area contributed by atoms with E-state index in [4.69, 9.17) is 0 Å². The number of hydrogen-bond acceptors (Lipinski definition) is 1. The zero-order valence-corrected chi connectivity index (χ0v) is 6.42. The van der Waals surface area contributed by atoms with Gasteiger partial charge >= 0.3 is 0 Å². The molecular weight excluding hydrogens is 124 g/mol. The molecule has 1 nitrogen and oxygen atoms in total. The summed E-state index contributed by atoms with van der Waals surface area (Å²) < 4.78 is 0. The fourth-order valence-electron chi connectivity index (χ4n) is 2.09. The Balaban J connectivity index is 2.44. The van der Waals surface area contributed by atoms with Gasteiger partial charge in [0.25, 0.3) is 0 Å². The van der Waals surface area contributed by atoms with Crippen molar-refractivity contribution in [2.45, 2.75) is 20.3 Å². The van der Waals surface area contributed by atoms with Crippen LogP contribution in [0.3, 0.4) is 0 Å². The molecule has 0 aromatic carbocycles. The monoisotopic (exact) mass is 136 g/mol. The topological polar surface area (TPSA) is 17.1 Å². The predicted octanol–water partition coefficient (Wildman–Crippen LogP) is 1.79. The third-order valence-corrected chi connectivity index (χ3v) is 2.98. The Morgan fingerprint density at radius 1 is 1.50 bits per heavy atom. The first-order valence-electron chi connectivity index (χ1n) is 3.85. The van der Waals surface area contributed by atoms with Crippen LogP contribution in [-0.2, 0) is 4.79 Å². The van der Waals surface area contributed by atoms with Gasteiger partial charge in [-0.15, -0.1) is 0 Å². The lowest BCUT2D eigenvalue weighted by molar-refractivity contribution is -0.127. The van der Waals surface area contributed by atoms with E-state index in [1.165, 1.54) is 0 Å². The van der Waals surface area contributed by atoms with Crippen molar-refractivity contribution in [3.63, 3.8) is 0 Å². The minimum absolute atomic E-state index is 0.0561. The van der Waals surface area contributed by atoms with E-state index in [0.717, 1.165) is 6.42 Å². The molecule has 1 saturated carbocycles. The van der Waals surface area contributed by atoms with Gasteiger partial charge in [-0.3, -0.25) is 4.79 Å². The largest absolute Gasteiger partial charge is 0.298 e. The number of fused-ring (bicyclic) bond motifs is 2. The van der Waals surface area contributed by atoms with Gasteiger partial charge in [-0.2, -0.15) is 0 Å². The van der Waals surface area contributed by atoms with E-state index < -0.39 is 0 Å². The number of ketones is 1. The van der Waals surface area contributed by atoms with Gasteiger partial charge in [-0.1, -0.05) is 26.0 Å². The molecule has 2 unspecified atom stereocenters. The summed E-state index contributed by atoms with van der Waals surface area (Å²) in [5, 5.41) is 0. The molecule has 2 atom stereocenters. The normalized spacial score (nSPS) is 41.2. The summed E-state index contributed by atoms with van der Waals surface area (Å²) in [5.74, 6) is 1.24. The van der Waals surface area contributed by atoms with Gasteiger partial charge in [0, 0.05) is 11.3 Å². The molecule has 2 rings (SSSR count). The standard InChI is InChI=1S/C9H12O/c1-9(2)7-4-3-6(5-7)8(9)10/h3-4,6-7H,5H2,1-2H3. The molecule has 0 heterocycles. The van der Waals surface area contributed by atoms with E-state index in [1.807, 2.05) is 0 Å². The molecular formula is C9H12O. The molecule has 0 N–H and O–H groups in total. The zero-order valence-electron chi connectivity index (χ0n) is 6.42. The van der Waals surface area contributed by atoms with Gasteiger partial charge < -0.3 is 0 Å². The molecule has 0 radical (unpaired) electrons. The van der Waals surface area contributed by atoms with E-state index >= 15 is 0 Å². The van der Waals surface area contributed by atoms with Gasteiger partial charge in [0.05, 0.1) is 0 Å². The van der Waals surface area contributed by atoms with E-state index in [-0.39, 0.29) is 11.3 Å². The number of carbonyl (C=O) groups is 1. The molecule has 54 valence electrons. The van der Waals surface area contributed by atoms with Crippen LogP contribution in [0.1, 0.15) is 20.3 Å². The Morgan fingerprint density at radius 3 is 2.50 bits per heavy atom. The van der Waals surface area contributed by atoms with Crippen LogP contribution in [0.2, 0.25) is 0 Å². The summed E-state index contributed by atoms with van der Waals surface area (Å²) in [5.41, 5.74) is -0.0561. The number of carbonyl (C=O) groups excluding carboxylic acids is 1. The van der Waals surface area contributed by atoms with E-state index in [9.17, 15) is 4.79 Å². The van der Waals surface area contributed by atoms with Gasteiger partial charge in [-0.25, -0.2) is 0 Å². The molecule has 1 fully saturated rings. The highest BCUT2D eigenvalue weighted by Gasteiger charge is 2.49. The molecule has 0 spiro atoms. The highest BCUT2D eigenvalue weighted by Crippen LogP contribution is 2.48. The quantitative estimate of drug-likeness (QED) is 0.464. The molecule has 2 aliphatic carbocycles. The first kappa shape index (κ1) is 6.14. The van der Waals surface area contributed by atoms with Crippen LogP contribution in [-0.4, -0.2) is 5.78 Å². The maximum atomic E-state index is 11.4. The third-order valence-electron chi connectivity index (χ3n) is 2.98. The van der Waals surface area contributed by atoms with Crippen LogP contribution < -0.4 is 0 Å². The molecule has 10 heavy (non-hydrogen) atoms. The van der Waals surface area contributed by atoms with Crippen molar-refractivity contribution in [3.05, 3.63) is 12.2 Å². The lowest BCUT2D eigenvalue weighted by atomic mass is 9.79. The number of Topliss-reactive ketones (excluding diaryl/α,β-unsaturated/α-hetero) is 1. The average molecular weight is 136 g/mol. The second-order valence-corrected chi connectivity index (χ2v) is 3.92. The highest BCUT2D eigenvalue weighted by molar-refractivity contribution is 5.92. The Labute approximate surface area is 61.1 Å². The lowest BCUT2D eigenvalue weighted by Crippen LogP contribution is -2.27. The fourth-order valence-corrected chi connectivity index (χ4v) is 2.09. The first-order valence-corrected chi connectivity index (χ1v) is 3.85. The SMILES string of the molecule is CC1(C)C(=O)C2C=CC1C2. The third kappa shape index (κ3) is 0.511. The second kappa shape index (κ2) is 1.52. The van der Waals surface area contributed by atoms with Crippen molar-refractivity contribution in [2.24, 2.45) is 17.3 Å². The van der Waals surface area contributed by atoms with Crippen molar-refractivity contribution < 1.29 is 4.79 Å². The summed E-state index contributed by atoms with van der Waals surface area (Å²) in [4.78, 5) is 11.4. The molecule has 0 aromatic rings. The van der Waals surface area contributed by atoms with Crippen molar-refractivity contribution in [1.82, 2.24) is 0 Å². The van der Waals surface area contributed by atoms with Crippen LogP contribution in [0.5, 0.6) is 0 Å². The van der Waals surface area contributed by atoms with Crippen LogP contribution in [0.4, 0.5) is 0 Å². The van der Waals surface area contributed by atoms with Gasteiger partial charge in [0.1, 0.15) is 5.78 Å². The second-order valence-electron chi connectivity index (χ2n) is 3.92. The maximum Gasteiger partial charge on any atom is 0.145 e. The van der Waals surface area contributed by atoms with Crippen LogP contribution in [0, 0.1) is 17.3 Å². The highest BCUT2D eigenvalue weighted by atomic mass is 16.1. The summed E-state index contributed by atoms with van der Waals surface area (Å²) in [7, 11) is 0. The number of rotatable bonds is 0. The van der Waals surface area contributed by atoms with E-state index in [1.54, 1.807) is 0 Å². The molecule has 2 bridgehead atoms. The van der Waals surface area contributed by atoms with Crippen molar-refractivity contribution in [2.75, 3.05) is 0 Å². The zero-order chi connectivity index (χ0) is 7.35. The van der Waals surface area contributed by atoms with Crippen molar-refractivity contribution in [3.8, 4) is 0 Å². The van der Waals surface area contributed by atoms with Crippen molar-refractivity contribution >= 4 is 5.78 Å². The van der Waals surface area contributed by atoms with E-state index in [0.29, 0.717) is 11.7 Å². The van der Waals surface area contributed by atoms with E-state index in [2.05, 4.69) is 26.0 Å². The molecule has 0 aromatic heterocycles. The molecule has 1 heteroatoms. The molecule has 0 saturated heterocycles. The molecule has 0 aliphatic heterocycles. The predicted molar refractivity (Wildman–Crippen MR) is 39.5 cm³/mol. The summed E-state index contributed by atoms with van der Waals surface area (Å²) in [6.45, 7) is 4.12. The van der Waals surface area contributed by atoms with Gasteiger partial charge in [-0.05, 0) is 12.3 Å². The van der Waals surface area contributed by atoms with Crippen LogP contribution in [0.15, 0.2) is 12.2 Å². The Morgan fingerprint density at radius 2 is 2.20 bits per heavy atom. The summed E-state index contributed by atoms with van der Waals surface area (Å²) in [6, 6.07) is 0. The van der Waals surface area contributed by atoms with Gasteiger partial charge in [0.2, 0.25) is 0 Å². The number of allylic oxidation sites excluding steroid dienone is 2. The fraction of sp³-hybridized carbons (Fsp3) is 0.667. The molecule has 0 amide bonds.